The van der Waals surface area contributed by atoms with Crippen molar-refractivity contribution < 1.29 is 9.53 Å². The molecule has 1 amide bonds. The third-order valence-corrected chi connectivity index (χ3v) is 6.01. The minimum Gasteiger partial charge on any atom is -0.383 e. The van der Waals surface area contributed by atoms with Crippen LogP contribution in [-0.4, -0.2) is 24.2 Å². The maximum absolute atomic E-state index is 12.6. The summed E-state index contributed by atoms with van der Waals surface area (Å²) in [4.78, 5) is 17.8. The minimum atomic E-state index is -0.121. The molecular formula is C22H26N2O2S. The first-order valence-corrected chi connectivity index (χ1v) is 9.94. The van der Waals surface area contributed by atoms with Crippen LogP contribution < -0.4 is 4.80 Å². The summed E-state index contributed by atoms with van der Waals surface area (Å²) in [6.07, 6.45) is 0.317. The maximum Gasteiger partial charge on any atom is 0.252 e. The third-order valence-electron chi connectivity index (χ3n) is 4.96. The Bertz CT molecular complexity index is 1060. The highest BCUT2D eigenvalue weighted by molar-refractivity contribution is 7.16. The van der Waals surface area contributed by atoms with E-state index in [9.17, 15) is 4.79 Å². The van der Waals surface area contributed by atoms with Gasteiger partial charge in [0.05, 0.1) is 23.2 Å². The first kappa shape index (κ1) is 19.5. The molecule has 142 valence electrons. The van der Waals surface area contributed by atoms with Crippen LogP contribution in [0.5, 0.6) is 0 Å². The Kier molecular flexibility index (Phi) is 5.92. The number of hydrogen-bond donors (Lipinski definition) is 0. The summed E-state index contributed by atoms with van der Waals surface area (Å²) in [5.74, 6) is -0.121. The first-order chi connectivity index (χ1) is 12.9. The second-order valence-corrected chi connectivity index (χ2v) is 8.04. The van der Waals surface area contributed by atoms with Crippen molar-refractivity contribution in [2.45, 2.75) is 40.7 Å². The van der Waals surface area contributed by atoms with Crippen LogP contribution in [-0.2, 0) is 22.5 Å². The second-order valence-electron chi connectivity index (χ2n) is 7.03. The second kappa shape index (κ2) is 8.19. The monoisotopic (exact) mass is 382 g/mol. The van der Waals surface area contributed by atoms with E-state index in [1.807, 2.05) is 6.07 Å². The van der Waals surface area contributed by atoms with Crippen molar-refractivity contribution >= 4 is 27.5 Å². The van der Waals surface area contributed by atoms with Crippen molar-refractivity contribution in [3.8, 4) is 0 Å². The maximum atomic E-state index is 12.6. The van der Waals surface area contributed by atoms with Crippen molar-refractivity contribution in [1.29, 1.82) is 0 Å². The van der Waals surface area contributed by atoms with Gasteiger partial charge in [-0.3, -0.25) is 4.79 Å². The number of carbonyl (C=O) groups is 1. The Hall–Kier alpha value is -2.24. The van der Waals surface area contributed by atoms with Crippen LogP contribution in [0.1, 0.15) is 27.8 Å². The van der Waals surface area contributed by atoms with Gasteiger partial charge in [-0.25, -0.2) is 0 Å². The number of aromatic nitrogens is 1. The van der Waals surface area contributed by atoms with Crippen LogP contribution in [0.2, 0.25) is 0 Å². The summed E-state index contributed by atoms with van der Waals surface area (Å²) in [6.45, 7) is 9.61. The predicted molar refractivity (Wildman–Crippen MR) is 111 cm³/mol. The Labute approximate surface area is 164 Å². The molecule has 0 spiro atoms. The largest absolute Gasteiger partial charge is 0.383 e. The molecule has 1 aromatic heterocycles. The number of ether oxygens (including phenoxy) is 1. The lowest BCUT2D eigenvalue weighted by Crippen LogP contribution is -2.19. The van der Waals surface area contributed by atoms with E-state index in [1.54, 1.807) is 18.4 Å². The van der Waals surface area contributed by atoms with Gasteiger partial charge in [0.25, 0.3) is 5.91 Å². The number of carbonyl (C=O) groups excluding carboxylic acids is 1. The molecule has 27 heavy (non-hydrogen) atoms. The van der Waals surface area contributed by atoms with E-state index in [4.69, 9.17) is 4.74 Å². The van der Waals surface area contributed by atoms with Gasteiger partial charge in [0.1, 0.15) is 0 Å². The molecule has 0 bridgehead atoms. The zero-order chi connectivity index (χ0) is 19.6. The van der Waals surface area contributed by atoms with E-state index in [0.29, 0.717) is 19.6 Å². The fraction of sp³-hybridized carbons (Fsp3) is 0.364. The van der Waals surface area contributed by atoms with E-state index < -0.39 is 0 Å². The number of benzene rings is 2. The predicted octanol–water partition coefficient (Wildman–Crippen LogP) is 4.25. The van der Waals surface area contributed by atoms with Gasteiger partial charge in [-0.2, -0.15) is 4.99 Å². The third kappa shape index (κ3) is 4.37. The number of aryl methyl sites for hydroxylation is 4. The van der Waals surface area contributed by atoms with Crippen LogP contribution in [0, 0.1) is 27.7 Å². The SMILES string of the molecule is COCCn1c(=NC(=O)Cc2ccc(C)c(C)c2)sc2cc(C)c(C)cc21. The lowest BCUT2D eigenvalue weighted by Gasteiger charge is -2.06. The molecule has 5 heteroatoms. The molecule has 0 saturated carbocycles. The zero-order valence-electron chi connectivity index (χ0n) is 16.6. The van der Waals surface area contributed by atoms with Gasteiger partial charge in [-0.15, -0.1) is 0 Å². The highest BCUT2D eigenvalue weighted by Crippen LogP contribution is 2.22. The van der Waals surface area contributed by atoms with Crippen LogP contribution in [0.15, 0.2) is 35.3 Å². The molecule has 0 saturated heterocycles. The van der Waals surface area contributed by atoms with Crippen molar-refractivity contribution in [2.24, 2.45) is 4.99 Å². The summed E-state index contributed by atoms with van der Waals surface area (Å²) in [5.41, 5.74) is 7.02. The van der Waals surface area contributed by atoms with Gasteiger partial charge in [0, 0.05) is 13.7 Å². The number of nitrogens with zero attached hydrogens (tertiary/aromatic N) is 2. The first-order valence-electron chi connectivity index (χ1n) is 9.12. The molecule has 0 N–H and O–H groups in total. The van der Waals surface area contributed by atoms with Crippen molar-refractivity contribution in [2.75, 3.05) is 13.7 Å². The Morgan fingerprint density at radius 2 is 1.74 bits per heavy atom. The van der Waals surface area contributed by atoms with E-state index in [2.05, 4.69) is 61.5 Å². The highest BCUT2D eigenvalue weighted by Gasteiger charge is 2.10. The van der Waals surface area contributed by atoms with Gasteiger partial charge < -0.3 is 9.30 Å². The molecule has 0 fully saturated rings. The van der Waals surface area contributed by atoms with Crippen LogP contribution in [0.3, 0.4) is 0 Å². The number of rotatable bonds is 5. The molecule has 1 heterocycles. The topological polar surface area (TPSA) is 43.6 Å². The van der Waals surface area contributed by atoms with Crippen LogP contribution in [0.4, 0.5) is 0 Å². The van der Waals surface area contributed by atoms with Gasteiger partial charge >= 0.3 is 0 Å². The Morgan fingerprint density at radius 3 is 2.44 bits per heavy atom. The minimum absolute atomic E-state index is 0.121. The smallest absolute Gasteiger partial charge is 0.252 e. The summed E-state index contributed by atoms with van der Waals surface area (Å²) in [5, 5.41) is 0. The lowest BCUT2D eigenvalue weighted by atomic mass is 10.0. The molecule has 0 aliphatic carbocycles. The molecule has 4 nitrogen and oxygen atoms in total. The zero-order valence-corrected chi connectivity index (χ0v) is 17.4. The van der Waals surface area contributed by atoms with E-state index >= 15 is 0 Å². The van der Waals surface area contributed by atoms with E-state index in [0.717, 1.165) is 20.6 Å². The molecule has 0 unspecified atom stereocenters. The van der Waals surface area contributed by atoms with Crippen LogP contribution in [0.25, 0.3) is 10.2 Å². The fourth-order valence-corrected chi connectivity index (χ4v) is 4.19. The number of hydrogen-bond acceptors (Lipinski definition) is 3. The van der Waals surface area contributed by atoms with E-state index in [1.165, 1.54) is 22.3 Å². The van der Waals surface area contributed by atoms with Crippen molar-refractivity contribution in [3.05, 3.63) is 63.0 Å². The summed E-state index contributed by atoms with van der Waals surface area (Å²) in [6, 6.07) is 10.5. The van der Waals surface area contributed by atoms with Gasteiger partial charge in [-0.05, 0) is 67.6 Å². The number of amides is 1. The number of fused-ring (bicyclic) bond motifs is 1. The molecule has 0 aliphatic rings. The molecule has 2 aromatic carbocycles. The van der Waals surface area contributed by atoms with Gasteiger partial charge in [-0.1, -0.05) is 29.5 Å². The van der Waals surface area contributed by atoms with Crippen LogP contribution >= 0.6 is 11.3 Å². The fourth-order valence-electron chi connectivity index (χ4n) is 3.04. The summed E-state index contributed by atoms with van der Waals surface area (Å²) < 4.78 is 8.49. The van der Waals surface area contributed by atoms with Gasteiger partial charge in [0.2, 0.25) is 0 Å². The molecule has 3 rings (SSSR count). The standard InChI is InChI=1S/C22H26N2O2S/c1-14-6-7-18(10-15(14)2)13-21(25)23-22-24(8-9-26-5)19-11-16(3)17(4)12-20(19)27-22/h6-7,10-12H,8-9,13H2,1-5H3. The normalized spacial score (nSPS) is 12.1. The highest BCUT2D eigenvalue weighted by atomic mass is 32.1. The Balaban J connectivity index is 2.00. The molecule has 3 aromatic rings. The molecule has 0 radical (unpaired) electrons. The average Bonchev–Trinajstić information content (AvgIpc) is 2.92. The molecular weight excluding hydrogens is 356 g/mol. The quantitative estimate of drug-likeness (QED) is 0.662. The summed E-state index contributed by atoms with van der Waals surface area (Å²) >= 11 is 1.56. The lowest BCUT2D eigenvalue weighted by molar-refractivity contribution is -0.117. The van der Waals surface area contributed by atoms with Crippen molar-refractivity contribution in [3.63, 3.8) is 0 Å². The number of methoxy groups -OCH3 is 1. The molecule has 0 aliphatic heterocycles. The number of thiazole rings is 1. The van der Waals surface area contributed by atoms with E-state index in [-0.39, 0.29) is 5.91 Å². The summed E-state index contributed by atoms with van der Waals surface area (Å²) in [7, 11) is 1.69. The molecule has 0 atom stereocenters. The average molecular weight is 383 g/mol. The Morgan fingerprint density at radius 1 is 1.04 bits per heavy atom. The van der Waals surface area contributed by atoms with Gasteiger partial charge in [0.15, 0.2) is 4.80 Å². The van der Waals surface area contributed by atoms with Crippen molar-refractivity contribution in [1.82, 2.24) is 4.57 Å².